The summed E-state index contributed by atoms with van der Waals surface area (Å²) < 4.78 is 27.9. The first-order chi connectivity index (χ1) is 20.0. The number of fused-ring (bicyclic) bond motifs is 1. The van der Waals surface area contributed by atoms with E-state index in [1.165, 1.54) is 5.56 Å². The van der Waals surface area contributed by atoms with Crippen LogP contribution in [0.15, 0.2) is 63.6 Å². The van der Waals surface area contributed by atoms with Crippen LogP contribution in [0.1, 0.15) is 59.5 Å². The topological polar surface area (TPSA) is 79.8 Å². The predicted octanol–water partition coefficient (Wildman–Crippen LogP) is 9.15. The third-order valence-electron chi connectivity index (χ3n) is 7.71. The van der Waals surface area contributed by atoms with Gasteiger partial charge in [0.2, 0.25) is 0 Å². The Bertz CT molecular complexity index is 1730. The van der Waals surface area contributed by atoms with Gasteiger partial charge in [0.25, 0.3) is 5.88 Å². The number of benzene rings is 3. The molecule has 0 aliphatic heterocycles. The molecule has 10 heteroatoms. The van der Waals surface area contributed by atoms with Crippen molar-refractivity contribution in [2.24, 2.45) is 0 Å². The molecule has 0 bridgehead atoms. The van der Waals surface area contributed by atoms with Crippen LogP contribution in [0.2, 0.25) is 15.1 Å². The van der Waals surface area contributed by atoms with Gasteiger partial charge in [0, 0.05) is 23.6 Å². The smallest absolute Gasteiger partial charge is 0.264 e. The summed E-state index contributed by atoms with van der Waals surface area (Å²) in [6.07, 6.45) is 3.12. The van der Waals surface area contributed by atoms with Crippen LogP contribution < -0.4 is 9.47 Å². The Labute approximate surface area is 251 Å². The number of hydrogen-bond donors (Lipinski definition) is 0. The van der Waals surface area contributed by atoms with Gasteiger partial charge in [-0.05, 0) is 83.8 Å². The standard InChI is InChI=1S/C31H25Cl3N2O5/c1-37-15-39-31-22-11-17(7-10-27(22)40-36-31)20-13-21(20)19-9-8-18(12-26(19)34)38-14-23-29(35-41-30(23)16-5-6-16)28-24(32)3-2-4-25(28)33/h2-4,7-12,16,20-21H,5-6,13-15H2,1H3. The maximum absolute atomic E-state index is 6.79. The molecule has 0 N–H and O–H groups in total. The number of nitrogens with zero attached hydrogens (tertiary/aromatic N) is 2. The quantitative estimate of drug-likeness (QED) is 0.146. The second kappa shape index (κ2) is 10.9. The molecule has 2 aliphatic rings. The fourth-order valence-electron chi connectivity index (χ4n) is 5.39. The molecule has 7 nitrogen and oxygen atoms in total. The monoisotopic (exact) mass is 610 g/mol. The highest BCUT2D eigenvalue weighted by Crippen LogP contribution is 2.57. The summed E-state index contributed by atoms with van der Waals surface area (Å²) in [6.45, 7) is 0.371. The van der Waals surface area contributed by atoms with E-state index in [9.17, 15) is 0 Å². The van der Waals surface area contributed by atoms with Crippen LogP contribution in [0.3, 0.4) is 0 Å². The summed E-state index contributed by atoms with van der Waals surface area (Å²) in [5.41, 5.74) is 5.09. The molecule has 2 saturated carbocycles. The molecule has 2 atom stereocenters. The van der Waals surface area contributed by atoms with E-state index in [1.807, 2.05) is 24.3 Å². The number of methoxy groups -OCH3 is 1. The van der Waals surface area contributed by atoms with Gasteiger partial charge < -0.3 is 23.3 Å². The molecule has 2 heterocycles. The molecule has 2 aromatic heterocycles. The van der Waals surface area contributed by atoms with Crippen LogP contribution in [-0.2, 0) is 11.3 Å². The largest absolute Gasteiger partial charge is 0.489 e. The normalized spacial score (nSPS) is 18.1. The van der Waals surface area contributed by atoms with Crippen molar-refractivity contribution >= 4 is 45.8 Å². The molecule has 7 rings (SSSR count). The lowest BCUT2D eigenvalue weighted by Gasteiger charge is -2.11. The molecule has 2 aliphatic carbocycles. The van der Waals surface area contributed by atoms with Crippen LogP contribution in [-0.4, -0.2) is 24.2 Å². The number of aromatic nitrogens is 2. The van der Waals surface area contributed by atoms with Crippen LogP contribution in [0.5, 0.6) is 11.6 Å². The van der Waals surface area contributed by atoms with Crippen LogP contribution in [0.4, 0.5) is 0 Å². The summed E-state index contributed by atoms with van der Waals surface area (Å²) >= 11 is 19.8. The fourth-order valence-corrected chi connectivity index (χ4v) is 6.28. The number of rotatable bonds is 10. The first kappa shape index (κ1) is 26.7. The van der Waals surface area contributed by atoms with Crippen molar-refractivity contribution in [3.05, 3.63) is 92.1 Å². The van der Waals surface area contributed by atoms with Crippen molar-refractivity contribution in [2.75, 3.05) is 13.9 Å². The van der Waals surface area contributed by atoms with Crippen molar-refractivity contribution in [1.29, 1.82) is 0 Å². The highest BCUT2D eigenvalue weighted by atomic mass is 35.5. The highest BCUT2D eigenvalue weighted by Gasteiger charge is 2.41. The van der Waals surface area contributed by atoms with Gasteiger partial charge in [-0.3, -0.25) is 0 Å². The van der Waals surface area contributed by atoms with Gasteiger partial charge in [0.1, 0.15) is 23.8 Å². The summed E-state index contributed by atoms with van der Waals surface area (Å²) in [6, 6.07) is 17.4. The van der Waals surface area contributed by atoms with Crippen LogP contribution in [0, 0.1) is 0 Å². The molecule has 0 radical (unpaired) electrons. The number of ether oxygens (including phenoxy) is 3. The Balaban J connectivity index is 1.08. The fraction of sp³-hybridized carbons (Fsp3) is 0.290. The zero-order chi connectivity index (χ0) is 28.1. The highest BCUT2D eigenvalue weighted by molar-refractivity contribution is 6.39. The molecule has 210 valence electrons. The lowest BCUT2D eigenvalue weighted by Crippen LogP contribution is -2.00. The van der Waals surface area contributed by atoms with Crippen molar-refractivity contribution in [2.45, 2.75) is 43.6 Å². The first-order valence-corrected chi connectivity index (χ1v) is 14.5. The Kier molecular flexibility index (Phi) is 7.07. The molecule has 41 heavy (non-hydrogen) atoms. The zero-order valence-electron chi connectivity index (χ0n) is 22.0. The van der Waals surface area contributed by atoms with Gasteiger partial charge >= 0.3 is 0 Å². The van der Waals surface area contributed by atoms with Crippen LogP contribution >= 0.6 is 34.8 Å². The summed E-state index contributed by atoms with van der Waals surface area (Å²) in [4.78, 5) is 0. The molecule has 3 aromatic carbocycles. The van der Waals surface area contributed by atoms with E-state index in [0.717, 1.165) is 41.5 Å². The molecular formula is C31H25Cl3N2O5. The minimum absolute atomic E-state index is 0.107. The van der Waals surface area contributed by atoms with Gasteiger partial charge in [-0.15, -0.1) is 0 Å². The van der Waals surface area contributed by atoms with Gasteiger partial charge in [-0.2, -0.15) is 0 Å². The minimum atomic E-state index is 0.107. The van der Waals surface area contributed by atoms with Crippen molar-refractivity contribution < 1.29 is 23.3 Å². The van der Waals surface area contributed by atoms with E-state index in [2.05, 4.69) is 28.5 Å². The van der Waals surface area contributed by atoms with Crippen molar-refractivity contribution in [3.63, 3.8) is 0 Å². The Hall–Kier alpha value is -3.23. The third-order valence-corrected chi connectivity index (χ3v) is 8.67. The van der Waals surface area contributed by atoms with Crippen LogP contribution in [0.25, 0.3) is 22.2 Å². The average molecular weight is 612 g/mol. The molecule has 0 saturated heterocycles. The average Bonchev–Trinajstić information content (AvgIpc) is 3.89. The third kappa shape index (κ3) is 5.17. The summed E-state index contributed by atoms with van der Waals surface area (Å²) in [5.74, 6) is 2.92. The van der Waals surface area contributed by atoms with E-state index in [0.29, 0.717) is 61.3 Å². The van der Waals surface area contributed by atoms with Gasteiger partial charge in [-0.25, -0.2) is 0 Å². The lowest BCUT2D eigenvalue weighted by atomic mass is 10.0. The lowest BCUT2D eigenvalue weighted by molar-refractivity contribution is 0.0463. The van der Waals surface area contributed by atoms with E-state index in [4.69, 9.17) is 58.1 Å². The molecule has 0 spiro atoms. The summed E-state index contributed by atoms with van der Waals surface area (Å²) in [7, 11) is 1.57. The van der Waals surface area contributed by atoms with Gasteiger partial charge in [-0.1, -0.05) is 58.2 Å². The van der Waals surface area contributed by atoms with E-state index < -0.39 is 0 Å². The van der Waals surface area contributed by atoms with Crippen molar-refractivity contribution in [1.82, 2.24) is 10.3 Å². The Morgan fingerprint density at radius 3 is 2.46 bits per heavy atom. The zero-order valence-corrected chi connectivity index (χ0v) is 24.3. The second-order valence-electron chi connectivity index (χ2n) is 10.5. The maximum Gasteiger partial charge on any atom is 0.264 e. The number of halogens is 3. The molecule has 0 amide bonds. The van der Waals surface area contributed by atoms with Crippen molar-refractivity contribution in [3.8, 4) is 22.9 Å². The Morgan fingerprint density at radius 1 is 0.878 bits per heavy atom. The minimum Gasteiger partial charge on any atom is -0.489 e. The first-order valence-electron chi connectivity index (χ1n) is 13.4. The molecule has 5 aromatic rings. The molecule has 2 fully saturated rings. The second-order valence-corrected chi connectivity index (χ2v) is 11.7. The number of hydrogen-bond acceptors (Lipinski definition) is 7. The summed E-state index contributed by atoms with van der Waals surface area (Å²) in [5, 5.41) is 10.9. The van der Waals surface area contributed by atoms with E-state index in [-0.39, 0.29) is 13.4 Å². The van der Waals surface area contributed by atoms with E-state index in [1.54, 1.807) is 19.2 Å². The Morgan fingerprint density at radius 2 is 1.71 bits per heavy atom. The maximum atomic E-state index is 6.79. The van der Waals surface area contributed by atoms with Gasteiger partial charge in [0.05, 0.1) is 21.0 Å². The van der Waals surface area contributed by atoms with E-state index >= 15 is 0 Å². The predicted molar refractivity (Wildman–Crippen MR) is 156 cm³/mol. The van der Waals surface area contributed by atoms with Gasteiger partial charge in [0.15, 0.2) is 12.4 Å². The SMILES string of the molecule is COCOc1noc2ccc(C3CC3c3ccc(OCc4c(-c5c(Cl)cccc5Cl)noc4C4CC4)cc3Cl)cc12. The molecular weight excluding hydrogens is 587 g/mol. The molecule has 2 unspecified atom stereocenters.